The minimum atomic E-state index is -3.56. The Morgan fingerprint density at radius 2 is 2.17 bits per heavy atom. The first-order valence-electron chi connectivity index (χ1n) is 5.52. The molecule has 1 N–H and O–H groups in total. The van der Waals surface area contributed by atoms with Crippen LogP contribution >= 0.6 is 11.6 Å². The van der Waals surface area contributed by atoms with Crippen molar-refractivity contribution >= 4 is 32.4 Å². The number of aryl methyl sites for hydroxylation is 1. The average molecular weight is 308 g/mol. The predicted molar refractivity (Wildman–Crippen MR) is 72.8 cm³/mol. The Morgan fingerprint density at radius 1 is 1.44 bits per heavy atom. The van der Waals surface area contributed by atoms with E-state index in [1.54, 1.807) is 19.1 Å². The molecule has 2 atom stereocenters. The molecule has 7 heteroatoms. The third-order valence-electron chi connectivity index (χ3n) is 2.83. The van der Waals surface area contributed by atoms with Crippen molar-refractivity contribution in [1.82, 2.24) is 4.72 Å². The van der Waals surface area contributed by atoms with Crippen molar-refractivity contribution in [2.75, 3.05) is 11.5 Å². The molecule has 1 saturated heterocycles. The largest absolute Gasteiger partial charge is 0.260 e. The summed E-state index contributed by atoms with van der Waals surface area (Å²) in [5, 5.41) is 0.508. The standard InChI is InChI=1S/C11H14ClNO3S2/c1-8-6-9(12)2-3-11(8)18(15,16)13-10-4-5-17(14)7-10/h2-3,6,10,13H,4-5,7H2,1H3/t10-,17-/m0/s1. The van der Waals surface area contributed by atoms with Gasteiger partial charge in [0.2, 0.25) is 10.0 Å². The molecular formula is C11H14ClNO3S2. The van der Waals surface area contributed by atoms with E-state index in [-0.39, 0.29) is 10.9 Å². The molecule has 1 fully saturated rings. The zero-order valence-electron chi connectivity index (χ0n) is 9.85. The number of rotatable bonds is 3. The molecule has 0 amide bonds. The molecule has 0 bridgehead atoms. The summed E-state index contributed by atoms with van der Waals surface area (Å²) in [6, 6.07) is 4.43. The van der Waals surface area contributed by atoms with Crippen LogP contribution in [0.1, 0.15) is 12.0 Å². The van der Waals surface area contributed by atoms with Crippen molar-refractivity contribution in [2.45, 2.75) is 24.3 Å². The Morgan fingerprint density at radius 3 is 2.72 bits per heavy atom. The smallest absolute Gasteiger partial charge is 0.241 e. The molecule has 1 aromatic carbocycles. The Labute approximate surface area is 114 Å². The first-order valence-corrected chi connectivity index (χ1v) is 8.87. The van der Waals surface area contributed by atoms with Crippen LogP contribution in [0.2, 0.25) is 5.02 Å². The zero-order valence-corrected chi connectivity index (χ0v) is 12.2. The summed E-state index contributed by atoms with van der Waals surface area (Å²) in [5.74, 6) is 0.957. The van der Waals surface area contributed by atoms with Crippen molar-refractivity contribution in [3.63, 3.8) is 0 Å². The summed E-state index contributed by atoms with van der Waals surface area (Å²) in [6.45, 7) is 1.70. The van der Waals surface area contributed by atoms with Crippen molar-refractivity contribution in [3.8, 4) is 0 Å². The Balaban J connectivity index is 2.23. The van der Waals surface area contributed by atoms with Crippen molar-refractivity contribution in [2.24, 2.45) is 0 Å². The van der Waals surface area contributed by atoms with E-state index >= 15 is 0 Å². The number of halogens is 1. The molecule has 0 aliphatic carbocycles. The monoisotopic (exact) mass is 307 g/mol. The highest BCUT2D eigenvalue weighted by Gasteiger charge is 2.27. The maximum Gasteiger partial charge on any atom is 0.241 e. The van der Waals surface area contributed by atoms with Gasteiger partial charge >= 0.3 is 0 Å². The Bertz CT molecular complexity index is 586. The highest BCUT2D eigenvalue weighted by atomic mass is 35.5. The highest BCUT2D eigenvalue weighted by Crippen LogP contribution is 2.20. The molecule has 1 aromatic rings. The third-order valence-corrected chi connectivity index (χ3v) is 6.21. The molecule has 1 aliphatic rings. The minimum absolute atomic E-state index is 0.226. The average Bonchev–Trinajstić information content (AvgIpc) is 2.62. The number of benzene rings is 1. The molecule has 18 heavy (non-hydrogen) atoms. The lowest BCUT2D eigenvalue weighted by Gasteiger charge is -2.13. The van der Waals surface area contributed by atoms with Gasteiger partial charge in [-0.25, -0.2) is 13.1 Å². The van der Waals surface area contributed by atoms with Gasteiger partial charge in [0.1, 0.15) is 0 Å². The van der Waals surface area contributed by atoms with Gasteiger partial charge in [0.15, 0.2) is 0 Å². The van der Waals surface area contributed by atoms with E-state index in [1.807, 2.05) is 0 Å². The lowest BCUT2D eigenvalue weighted by Crippen LogP contribution is -2.35. The quantitative estimate of drug-likeness (QED) is 0.919. The molecule has 2 rings (SSSR count). The van der Waals surface area contributed by atoms with Gasteiger partial charge in [-0.15, -0.1) is 0 Å². The summed E-state index contributed by atoms with van der Waals surface area (Å²) < 4.78 is 38.2. The predicted octanol–water partition coefficient (Wildman–Crippen LogP) is 1.45. The van der Waals surface area contributed by atoms with Gasteiger partial charge in [-0.05, 0) is 37.1 Å². The van der Waals surface area contributed by atoms with E-state index in [2.05, 4.69) is 4.72 Å². The van der Waals surface area contributed by atoms with Gasteiger partial charge < -0.3 is 0 Å². The van der Waals surface area contributed by atoms with Crippen LogP contribution in [0, 0.1) is 6.92 Å². The van der Waals surface area contributed by atoms with E-state index in [9.17, 15) is 12.6 Å². The van der Waals surface area contributed by atoms with E-state index in [0.29, 0.717) is 28.5 Å². The number of sulfonamides is 1. The van der Waals surface area contributed by atoms with Crippen LogP contribution in [0.15, 0.2) is 23.1 Å². The summed E-state index contributed by atoms with van der Waals surface area (Å²) >= 11 is 5.80. The molecule has 1 aliphatic heterocycles. The fraction of sp³-hybridized carbons (Fsp3) is 0.455. The molecular weight excluding hydrogens is 294 g/mol. The second-order valence-corrected chi connectivity index (χ2v) is 8.07. The number of hydrogen-bond donors (Lipinski definition) is 1. The van der Waals surface area contributed by atoms with Crippen LogP contribution < -0.4 is 4.72 Å². The second kappa shape index (κ2) is 5.28. The van der Waals surface area contributed by atoms with Crippen LogP contribution in [0.25, 0.3) is 0 Å². The van der Waals surface area contributed by atoms with Gasteiger partial charge in [-0.1, -0.05) is 11.6 Å². The first-order chi connectivity index (χ1) is 8.38. The summed E-state index contributed by atoms with van der Waals surface area (Å²) in [6.07, 6.45) is 0.623. The lowest BCUT2D eigenvalue weighted by atomic mass is 10.2. The third kappa shape index (κ3) is 3.12. The number of hydrogen-bond acceptors (Lipinski definition) is 3. The first kappa shape index (κ1) is 14.0. The molecule has 0 radical (unpaired) electrons. The molecule has 0 saturated carbocycles. The Hall–Kier alpha value is -0.430. The van der Waals surface area contributed by atoms with Gasteiger partial charge in [-0.2, -0.15) is 0 Å². The zero-order chi connectivity index (χ0) is 13.3. The summed E-state index contributed by atoms with van der Waals surface area (Å²) in [7, 11) is -4.46. The van der Waals surface area contributed by atoms with Crippen LogP contribution in [0.4, 0.5) is 0 Å². The van der Waals surface area contributed by atoms with Gasteiger partial charge in [0.25, 0.3) is 0 Å². The van der Waals surface area contributed by atoms with Crippen molar-refractivity contribution in [1.29, 1.82) is 0 Å². The lowest BCUT2D eigenvalue weighted by molar-refractivity contribution is 0.562. The van der Waals surface area contributed by atoms with Crippen molar-refractivity contribution in [3.05, 3.63) is 28.8 Å². The minimum Gasteiger partial charge on any atom is -0.260 e. The van der Waals surface area contributed by atoms with Crippen LogP contribution in [0.5, 0.6) is 0 Å². The molecule has 100 valence electrons. The molecule has 0 spiro atoms. The van der Waals surface area contributed by atoms with Gasteiger partial charge in [0, 0.05) is 33.4 Å². The highest BCUT2D eigenvalue weighted by molar-refractivity contribution is 7.89. The Kier molecular flexibility index (Phi) is 4.11. The van der Waals surface area contributed by atoms with Crippen LogP contribution in [0.3, 0.4) is 0 Å². The molecule has 0 unspecified atom stereocenters. The fourth-order valence-electron chi connectivity index (χ4n) is 1.95. The maximum atomic E-state index is 12.2. The van der Waals surface area contributed by atoms with E-state index in [4.69, 9.17) is 11.6 Å². The van der Waals surface area contributed by atoms with E-state index in [0.717, 1.165) is 0 Å². The van der Waals surface area contributed by atoms with E-state index in [1.165, 1.54) is 6.07 Å². The molecule has 4 nitrogen and oxygen atoms in total. The number of nitrogens with one attached hydrogen (secondary N) is 1. The SMILES string of the molecule is Cc1cc(Cl)ccc1S(=O)(=O)N[C@H]1CC[S@](=O)C1. The maximum absolute atomic E-state index is 12.2. The summed E-state index contributed by atoms with van der Waals surface area (Å²) in [5.41, 5.74) is 0.606. The van der Waals surface area contributed by atoms with Gasteiger partial charge in [-0.3, -0.25) is 4.21 Å². The second-order valence-electron chi connectivity index (χ2n) is 4.33. The van der Waals surface area contributed by atoms with E-state index < -0.39 is 20.8 Å². The van der Waals surface area contributed by atoms with Crippen LogP contribution in [-0.4, -0.2) is 30.2 Å². The van der Waals surface area contributed by atoms with Crippen molar-refractivity contribution < 1.29 is 12.6 Å². The molecule has 1 heterocycles. The molecule has 0 aromatic heterocycles. The van der Waals surface area contributed by atoms with Gasteiger partial charge in [0.05, 0.1) is 4.90 Å². The fourth-order valence-corrected chi connectivity index (χ4v) is 5.20. The summed E-state index contributed by atoms with van der Waals surface area (Å²) in [4.78, 5) is 0.226. The topological polar surface area (TPSA) is 63.2 Å². The normalized spacial score (nSPS) is 24.3. The van der Waals surface area contributed by atoms with Crippen LogP contribution in [-0.2, 0) is 20.8 Å².